The Morgan fingerprint density at radius 3 is 2.38 bits per heavy atom. The molecule has 2 atom stereocenters. The molecule has 34 heavy (non-hydrogen) atoms. The molecule has 0 aromatic heterocycles. The number of carbonyl (C=O) groups excluding carboxylic acids is 2. The molecule has 2 unspecified atom stereocenters. The molecule has 2 amide bonds. The molecule has 2 aromatic carbocycles. The minimum absolute atomic E-state index is 0.0211. The number of thioether (sulfide) groups is 1. The Bertz CT molecular complexity index is 1160. The molecule has 13 heteroatoms. The van der Waals surface area contributed by atoms with Gasteiger partial charge < -0.3 is 24.8 Å². The molecule has 2 aromatic rings. The van der Waals surface area contributed by atoms with E-state index in [1.165, 1.54) is 51.7 Å². The Balaban J connectivity index is 1.57. The third-order valence-electron chi connectivity index (χ3n) is 4.95. The summed E-state index contributed by atoms with van der Waals surface area (Å²) in [6, 6.07) is 8.89. The Morgan fingerprint density at radius 2 is 1.79 bits per heavy atom. The van der Waals surface area contributed by atoms with Gasteiger partial charge >= 0.3 is 0 Å². The molecule has 0 bridgehead atoms. The van der Waals surface area contributed by atoms with Gasteiger partial charge in [0.25, 0.3) is 0 Å². The van der Waals surface area contributed by atoms with E-state index in [2.05, 4.69) is 16.0 Å². The van der Waals surface area contributed by atoms with Crippen LogP contribution in [-0.2, 0) is 19.4 Å². The zero-order valence-electron chi connectivity index (χ0n) is 18.6. The first-order valence-corrected chi connectivity index (χ1v) is 12.9. The van der Waals surface area contributed by atoms with Gasteiger partial charge in [-0.2, -0.15) is 0 Å². The van der Waals surface area contributed by atoms with E-state index < -0.39 is 26.5 Å². The predicted octanol–water partition coefficient (Wildman–Crippen LogP) is 1.88. The summed E-state index contributed by atoms with van der Waals surface area (Å²) < 4.78 is 41.1. The van der Waals surface area contributed by atoms with Crippen LogP contribution in [0.3, 0.4) is 0 Å². The average molecular weight is 530 g/mol. The van der Waals surface area contributed by atoms with E-state index >= 15 is 0 Å². The highest BCUT2D eigenvalue weighted by molar-refractivity contribution is 8.00. The van der Waals surface area contributed by atoms with Crippen molar-refractivity contribution in [1.29, 1.82) is 0 Å². The van der Waals surface area contributed by atoms with Crippen molar-refractivity contribution in [3.63, 3.8) is 0 Å². The molecule has 3 rings (SSSR count). The van der Waals surface area contributed by atoms with Gasteiger partial charge in [0.1, 0.15) is 22.7 Å². The molecular weight excluding hydrogens is 506 g/mol. The molecule has 1 heterocycles. The van der Waals surface area contributed by atoms with Crippen molar-refractivity contribution in [2.45, 2.75) is 15.6 Å². The zero-order chi connectivity index (χ0) is 24.9. The number of anilines is 1. The first-order valence-electron chi connectivity index (χ1n) is 9.94. The van der Waals surface area contributed by atoms with Crippen LogP contribution in [0, 0.1) is 0 Å². The van der Waals surface area contributed by atoms with Gasteiger partial charge in [0, 0.05) is 12.6 Å². The van der Waals surface area contributed by atoms with Gasteiger partial charge in [-0.1, -0.05) is 11.6 Å². The summed E-state index contributed by atoms with van der Waals surface area (Å²) in [4.78, 5) is 25.0. The molecule has 1 aliphatic rings. The largest absolute Gasteiger partial charge is 0.497 e. The van der Waals surface area contributed by atoms with Gasteiger partial charge in [0.15, 0.2) is 15.1 Å². The number of hydrogen-bond donors (Lipinski definition) is 3. The summed E-state index contributed by atoms with van der Waals surface area (Å²) in [6.07, 6.45) is 0. The van der Waals surface area contributed by atoms with Crippen LogP contribution < -0.4 is 30.2 Å². The third kappa shape index (κ3) is 5.87. The normalized spacial score (nSPS) is 18.1. The van der Waals surface area contributed by atoms with Crippen molar-refractivity contribution in [3.05, 3.63) is 41.4 Å². The second-order valence-corrected chi connectivity index (χ2v) is 10.7. The number of amides is 2. The summed E-state index contributed by atoms with van der Waals surface area (Å²) in [6.45, 7) is -0.0958. The first-order chi connectivity index (χ1) is 16.2. The summed E-state index contributed by atoms with van der Waals surface area (Å²) in [5, 5.41) is 7.25. The lowest BCUT2D eigenvalue weighted by atomic mass is 10.2. The summed E-state index contributed by atoms with van der Waals surface area (Å²) in [5.41, 5.74) is -0.271. The molecule has 0 saturated carbocycles. The Kier molecular flexibility index (Phi) is 8.52. The number of ether oxygens (including phenoxy) is 3. The highest BCUT2D eigenvalue weighted by Crippen LogP contribution is 2.36. The van der Waals surface area contributed by atoms with Crippen molar-refractivity contribution in [1.82, 2.24) is 10.6 Å². The molecule has 3 N–H and O–H groups in total. The van der Waals surface area contributed by atoms with E-state index in [0.717, 1.165) is 11.8 Å². The van der Waals surface area contributed by atoms with E-state index in [4.69, 9.17) is 25.8 Å². The second kappa shape index (κ2) is 11.2. The molecule has 10 nitrogen and oxygen atoms in total. The van der Waals surface area contributed by atoms with Crippen LogP contribution in [-0.4, -0.2) is 64.6 Å². The highest BCUT2D eigenvalue weighted by atomic mass is 35.5. The maximum absolute atomic E-state index is 12.9. The van der Waals surface area contributed by atoms with E-state index in [9.17, 15) is 18.0 Å². The molecule has 0 spiro atoms. The van der Waals surface area contributed by atoms with Gasteiger partial charge in [0.2, 0.25) is 11.8 Å². The number of rotatable bonds is 9. The van der Waals surface area contributed by atoms with Gasteiger partial charge in [-0.3, -0.25) is 14.9 Å². The van der Waals surface area contributed by atoms with Crippen LogP contribution in [0.15, 0.2) is 41.3 Å². The number of sulfone groups is 1. The first kappa shape index (κ1) is 25.9. The summed E-state index contributed by atoms with van der Waals surface area (Å²) in [5.74, 6) is 0.245. The number of carbonyl (C=O) groups is 2. The number of benzene rings is 2. The Hall–Kier alpha value is -2.67. The van der Waals surface area contributed by atoms with Crippen molar-refractivity contribution in [3.8, 4) is 17.2 Å². The molecule has 1 aliphatic heterocycles. The van der Waals surface area contributed by atoms with E-state index in [1.807, 2.05) is 0 Å². The maximum Gasteiger partial charge on any atom is 0.241 e. The lowest BCUT2D eigenvalue weighted by molar-refractivity contribution is -0.122. The smallest absolute Gasteiger partial charge is 0.241 e. The summed E-state index contributed by atoms with van der Waals surface area (Å²) in [7, 11) is 0.486. The van der Waals surface area contributed by atoms with Gasteiger partial charge in [-0.05, 0) is 30.3 Å². The predicted molar refractivity (Wildman–Crippen MR) is 130 cm³/mol. The lowest BCUT2D eigenvalue weighted by Gasteiger charge is -2.29. The van der Waals surface area contributed by atoms with Crippen LogP contribution in [0.5, 0.6) is 17.2 Å². The molecular formula is C21H24ClN3O7S2. The second-order valence-electron chi connectivity index (χ2n) is 7.05. The van der Waals surface area contributed by atoms with Gasteiger partial charge in [-0.15, -0.1) is 11.8 Å². The topological polar surface area (TPSA) is 132 Å². The van der Waals surface area contributed by atoms with E-state index in [-0.39, 0.29) is 23.1 Å². The maximum atomic E-state index is 12.9. The number of halogens is 1. The summed E-state index contributed by atoms with van der Waals surface area (Å²) >= 11 is 7.22. The van der Waals surface area contributed by atoms with Gasteiger partial charge in [0.05, 0.1) is 42.7 Å². The molecule has 184 valence electrons. The zero-order valence-corrected chi connectivity index (χ0v) is 21.0. The van der Waals surface area contributed by atoms with Crippen LogP contribution in [0.2, 0.25) is 5.02 Å². The minimum Gasteiger partial charge on any atom is -0.497 e. The molecule has 1 fully saturated rings. The third-order valence-corrected chi connectivity index (χ3v) is 8.35. The van der Waals surface area contributed by atoms with E-state index in [1.54, 1.807) is 6.07 Å². The standard InChI is InChI=1S/C21H24ClN3O7S2/c1-30-12-4-6-13(7-5-12)34(28,29)18-10-23-21(25-20(18)27)33-11-19(26)24-15-8-14(22)16(31-2)9-17(15)32-3/h4-9,18,21,23H,10-11H2,1-3H3,(H,24,26)(H,25,27). The fourth-order valence-electron chi connectivity index (χ4n) is 3.16. The fourth-order valence-corrected chi connectivity index (χ4v) is 5.72. The highest BCUT2D eigenvalue weighted by Gasteiger charge is 2.38. The number of methoxy groups -OCH3 is 3. The van der Waals surface area contributed by atoms with Crippen LogP contribution in [0.4, 0.5) is 5.69 Å². The molecule has 0 radical (unpaired) electrons. The lowest BCUT2D eigenvalue weighted by Crippen LogP contribution is -2.59. The Labute approximate surface area is 206 Å². The average Bonchev–Trinajstić information content (AvgIpc) is 2.83. The minimum atomic E-state index is -3.90. The van der Waals surface area contributed by atoms with E-state index in [0.29, 0.717) is 28.0 Å². The number of nitrogens with one attached hydrogen (secondary N) is 3. The van der Waals surface area contributed by atoms with Crippen LogP contribution in [0.1, 0.15) is 0 Å². The van der Waals surface area contributed by atoms with Crippen LogP contribution in [0.25, 0.3) is 0 Å². The van der Waals surface area contributed by atoms with Crippen molar-refractivity contribution < 1.29 is 32.2 Å². The number of hydrogen-bond acceptors (Lipinski definition) is 9. The fraction of sp³-hybridized carbons (Fsp3) is 0.333. The Morgan fingerprint density at radius 1 is 1.12 bits per heavy atom. The van der Waals surface area contributed by atoms with Crippen molar-refractivity contribution in [2.75, 3.05) is 38.9 Å². The quantitative estimate of drug-likeness (QED) is 0.445. The van der Waals surface area contributed by atoms with Crippen molar-refractivity contribution >= 4 is 50.7 Å². The van der Waals surface area contributed by atoms with Crippen LogP contribution >= 0.6 is 23.4 Å². The monoisotopic (exact) mass is 529 g/mol. The van der Waals surface area contributed by atoms with Crippen molar-refractivity contribution in [2.24, 2.45) is 0 Å². The SMILES string of the molecule is COc1ccc(S(=O)(=O)C2CNC(SCC(=O)Nc3cc(Cl)c(OC)cc3OC)NC2=O)cc1. The molecule has 1 saturated heterocycles. The molecule has 0 aliphatic carbocycles. The van der Waals surface area contributed by atoms with Gasteiger partial charge in [-0.25, -0.2) is 8.42 Å².